The van der Waals surface area contributed by atoms with Crippen LogP contribution in [0.25, 0.3) is 0 Å². The molecule has 22 heavy (non-hydrogen) atoms. The molecule has 0 radical (unpaired) electrons. The summed E-state index contributed by atoms with van der Waals surface area (Å²) in [5.74, 6) is 2.79. The van der Waals surface area contributed by atoms with Crippen molar-refractivity contribution >= 4 is 41.7 Å². The zero-order valence-corrected chi connectivity index (χ0v) is 15.8. The minimum absolute atomic E-state index is 0. The summed E-state index contributed by atoms with van der Waals surface area (Å²) < 4.78 is 5.27. The van der Waals surface area contributed by atoms with Crippen LogP contribution in [0.15, 0.2) is 63.0 Å². The minimum atomic E-state index is 0. The number of halogens is 1. The fourth-order valence-electron chi connectivity index (χ4n) is 1.79. The largest absolute Gasteiger partial charge is 0.467 e. The van der Waals surface area contributed by atoms with Crippen molar-refractivity contribution in [1.29, 1.82) is 0 Å². The van der Waals surface area contributed by atoms with Crippen molar-refractivity contribution in [2.75, 3.05) is 19.3 Å². The van der Waals surface area contributed by atoms with Gasteiger partial charge in [-0.3, -0.25) is 4.99 Å². The topological polar surface area (TPSA) is 49.6 Å². The van der Waals surface area contributed by atoms with Gasteiger partial charge in [-0.2, -0.15) is 0 Å². The van der Waals surface area contributed by atoms with E-state index in [1.165, 1.54) is 4.90 Å². The highest BCUT2D eigenvalue weighted by atomic mass is 127. The van der Waals surface area contributed by atoms with Gasteiger partial charge in [-0.15, -0.1) is 35.7 Å². The van der Waals surface area contributed by atoms with Gasteiger partial charge in [0.25, 0.3) is 0 Å². The molecular formula is C16H22IN3OS. The Morgan fingerprint density at radius 1 is 1.14 bits per heavy atom. The van der Waals surface area contributed by atoms with E-state index in [1.807, 2.05) is 30.0 Å². The number of aliphatic imine (C=N–C) groups is 1. The molecule has 0 aliphatic carbocycles. The van der Waals surface area contributed by atoms with Crippen molar-refractivity contribution in [2.24, 2.45) is 4.99 Å². The van der Waals surface area contributed by atoms with Crippen molar-refractivity contribution in [3.8, 4) is 0 Å². The van der Waals surface area contributed by atoms with Gasteiger partial charge in [0.2, 0.25) is 0 Å². The lowest BCUT2D eigenvalue weighted by molar-refractivity contribution is 0.501. The molecule has 6 heteroatoms. The average Bonchev–Trinajstić information content (AvgIpc) is 3.04. The summed E-state index contributed by atoms with van der Waals surface area (Å²) in [5, 5.41) is 6.52. The normalized spacial score (nSPS) is 10.9. The van der Waals surface area contributed by atoms with Crippen molar-refractivity contribution in [3.05, 3.63) is 54.5 Å². The highest BCUT2D eigenvalue weighted by molar-refractivity contribution is 14.0. The molecule has 0 saturated heterocycles. The number of thioether (sulfide) groups is 1. The van der Waals surface area contributed by atoms with Crippen LogP contribution in [0.5, 0.6) is 0 Å². The zero-order valence-electron chi connectivity index (χ0n) is 12.6. The molecule has 0 fully saturated rings. The molecule has 1 aromatic heterocycles. The lowest BCUT2D eigenvalue weighted by Gasteiger charge is -2.10. The summed E-state index contributed by atoms with van der Waals surface area (Å²) in [4.78, 5) is 5.51. The highest BCUT2D eigenvalue weighted by Crippen LogP contribution is 2.17. The van der Waals surface area contributed by atoms with Gasteiger partial charge in [-0.05, 0) is 36.4 Å². The van der Waals surface area contributed by atoms with E-state index in [4.69, 9.17) is 4.42 Å². The molecule has 1 aromatic carbocycles. The molecule has 0 aliphatic rings. The molecule has 2 rings (SSSR count). The van der Waals surface area contributed by atoms with Gasteiger partial charge in [0.05, 0.1) is 12.8 Å². The van der Waals surface area contributed by atoms with Gasteiger partial charge in [0, 0.05) is 18.5 Å². The molecule has 0 atom stereocenters. The Labute approximate surface area is 153 Å². The minimum Gasteiger partial charge on any atom is -0.467 e. The molecular weight excluding hydrogens is 409 g/mol. The van der Waals surface area contributed by atoms with Crippen LogP contribution in [0, 0.1) is 0 Å². The van der Waals surface area contributed by atoms with E-state index in [-0.39, 0.29) is 24.0 Å². The molecule has 4 nitrogen and oxygen atoms in total. The molecule has 0 unspecified atom stereocenters. The molecule has 120 valence electrons. The fourth-order valence-corrected chi connectivity index (χ4v) is 2.66. The first-order valence-corrected chi connectivity index (χ1v) is 8.02. The monoisotopic (exact) mass is 431 g/mol. The van der Waals surface area contributed by atoms with E-state index in [1.54, 1.807) is 13.3 Å². The van der Waals surface area contributed by atoms with E-state index >= 15 is 0 Å². The third-order valence-electron chi connectivity index (χ3n) is 2.86. The van der Waals surface area contributed by atoms with Gasteiger partial charge in [-0.25, -0.2) is 0 Å². The Morgan fingerprint density at radius 3 is 2.64 bits per heavy atom. The maximum Gasteiger partial charge on any atom is 0.191 e. The Kier molecular flexibility index (Phi) is 9.81. The Balaban J connectivity index is 0.00000242. The van der Waals surface area contributed by atoms with E-state index in [2.05, 4.69) is 39.9 Å². The first kappa shape index (κ1) is 18.9. The van der Waals surface area contributed by atoms with Crippen LogP contribution in [0.3, 0.4) is 0 Å². The Hall–Kier alpha value is -1.15. The zero-order chi connectivity index (χ0) is 14.8. The van der Waals surface area contributed by atoms with Crippen molar-refractivity contribution in [3.63, 3.8) is 0 Å². The van der Waals surface area contributed by atoms with E-state index in [9.17, 15) is 0 Å². The fraction of sp³-hybridized carbons (Fsp3) is 0.312. The standard InChI is InChI=1S/C16H21N3OS.HI/c1-17-16(19-13-14-7-5-11-20-14)18-10-6-12-21-15-8-3-2-4-9-15;/h2-5,7-9,11H,6,10,12-13H2,1H3,(H2,17,18,19);1H. The number of nitrogens with one attached hydrogen (secondary N) is 2. The van der Waals surface area contributed by atoms with Crippen LogP contribution in [0.4, 0.5) is 0 Å². The summed E-state index contributed by atoms with van der Waals surface area (Å²) >= 11 is 1.88. The van der Waals surface area contributed by atoms with Crippen LogP contribution >= 0.6 is 35.7 Å². The van der Waals surface area contributed by atoms with Gasteiger partial charge < -0.3 is 15.1 Å². The SMILES string of the molecule is CN=C(NCCCSc1ccccc1)NCc1ccco1.I. The summed E-state index contributed by atoms with van der Waals surface area (Å²) in [6.07, 6.45) is 2.76. The number of hydrogen-bond donors (Lipinski definition) is 2. The highest BCUT2D eigenvalue weighted by Gasteiger charge is 1.99. The molecule has 0 amide bonds. The molecule has 2 N–H and O–H groups in total. The third-order valence-corrected chi connectivity index (χ3v) is 3.96. The first-order chi connectivity index (χ1) is 10.4. The smallest absolute Gasteiger partial charge is 0.191 e. The van der Waals surface area contributed by atoms with E-state index < -0.39 is 0 Å². The number of guanidine groups is 1. The maximum absolute atomic E-state index is 5.27. The van der Waals surface area contributed by atoms with Crippen LogP contribution in [0.1, 0.15) is 12.2 Å². The van der Waals surface area contributed by atoms with E-state index in [0.29, 0.717) is 6.54 Å². The van der Waals surface area contributed by atoms with Crippen LogP contribution in [-0.2, 0) is 6.54 Å². The Bertz CT molecular complexity index is 532. The maximum atomic E-state index is 5.27. The Morgan fingerprint density at radius 2 is 1.95 bits per heavy atom. The second-order valence-electron chi connectivity index (χ2n) is 4.45. The molecule has 2 aromatic rings. The quantitative estimate of drug-likeness (QED) is 0.231. The predicted octanol–water partition coefficient (Wildman–Crippen LogP) is 3.75. The third kappa shape index (κ3) is 7.22. The molecule has 0 saturated carbocycles. The average molecular weight is 431 g/mol. The summed E-state index contributed by atoms with van der Waals surface area (Å²) in [7, 11) is 1.77. The number of rotatable bonds is 7. The number of hydrogen-bond acceptors (Lipinski definition) is 3. The summed E-state index contributed by atoms with van der Waals surface area (Å²) in [6.45, 7) is 1.54. The predicted molar refractivity (Wildman–Crippen MR) is 104 cm³/mol. The van der Waals surface area contributed by atoms with Crippen molar-refractivity contribution < 1.29 is 4.42 Å². The van der Waals surface area contributed by atoms with Gasteiger partial charge >= 0.3 is 0 Å². The molecule has 0 aliphatic heterocycles. The summed E-state index contributed by atoms with van der Waals surface area (Å²) in [5.41, 5.74) is 0. The second kappa shape index (κ2) is 11.4. The van der Waals surface area contributed by atoms with Crippen molar-refractivity contribution in [2.45, 2.75) is 17.9 Å². The van der Waals surface area contributed by atoms with Gasteiger partial charge in [0.1, 0.15) is 5.76 Å². The van der Waals surface area contributed by atoms with E-state index in [0.717, 1.165) is 30.4 Å². The van der Waals surface area contributed by atoms with Crippen molar-refractivity contribution in [1.82, 2.24) is 10.6 Å². The first-order valence-electron chi connectivity index (χ1n) is 7.03. The second-order valence-corrected chi connectivity index (χ2v) is 5.62. The van der Waals surface area contributed by atoms with Crippen LogP contribution < -0.4 is 10.6 Å². The number of benzene rings is 1. The van der Waals surface area contributed by atoms with Crippen LogP contribution in [0.2, 0.25) is 0 Å². The number of furan rings is 1. The van der Waals surface area contributed by atoms with Gasteiger partial charge in [0.15, 0.2) is 5.96 Å². The lowest BCUT2D eigenvalue weighted by atomic mass is 10.4. The van der Waals surface area contributed by atoms with Gasteiger partial charge in [-0.1, -0.05) is 18.2 Å². The molecule has 0 spiro atoms. The lowest BCUT2D eigenvalue weighted by Crippen LogP contribution is -2.37. The molecule has 1 heterocycles. The molecule has 0 bridgehead atoms. The summed E-state index contributed by atoms with van der Waals surface area (Å²) in [6, 6.07) is 14.3. The van der Waals surface area contributed by atoms with Crippen LogP contribution in [-0.4, -0.2) is 25.3 Å². The number of nitrogens with zero attached hydrogens (tertiary/aromatic N) is 1.